The van der Waals surface area contributed by atoms with E-state index in [2.05, 4.69) is 37.4 Å². The SMILES string of the molecule is CCC/C=C\CCCCCCCC/C=C/[C@@H](O)[C@H](COP(=O)([O-])OCC[N+](C)(C)C)NC(=O)CCC/C=C\C/C=C\C=C\[C@@H](O)C/C=C\CCCCC. The molecular weight excluding hydrogens is 687 g/mol. The molecule has 1 amide bonds. The predicted molar refractivity (Wildman–Crippen MR) is 220 cm³/mol. The molecule has 0 aromatic heterocycles. The second-order valence-electron chi connectivity index (χ2n) is 14.8. The van der Waals surface area contributed by atoms with Gasteiger partial charge in [0.15, 0.2) is 0 Å². The molecule has 0 bridgehead atoms. The minimum atomic E-state index is -4.62. The molecule has 0 aliphatic rings. The van der Waals surface area contributed by atoms with E-state index in [0.717, 1.165) is 44.9 Å². The highest BCUT2D eigenvalue weighted by atomic mass is 31.2. The van der Waals surface area contributed by atoms with Crippen LogP contribution in [0.4, 0.5) is 0 Å². The van der Waals surface area contributed by atoms with Gasteiger partial charge in [-0.2, -0.15) is 0 Å². The van der Waals surface area contributed by atoms with Crippen molar-refractivity contribution in [3.63, 3.8) is 0 Å². The smallest absolute Gasteiger partial charge is 0.268 e. The summed E-state index contributed by atoms with van der Waals surface area (Å²) in [5.41, 5.74) is 0. The van der Waals surface area contributed by atoms with Gasteiger partial charge >= 0.3 is 0 Å². The highest BCUT2D eigenvalue weighted by molar-refractivity contribution is 7.45. The van der Waals surface area contributed by atoms with E-state index in [-0.39, 0.29) is 18.9 Å². The Morgan fingerprint density at radius 3 is 2.00 bits per heavy atom. The molecule has 10 heteroatoms. The van der Waals surface area contributed by atoms with Gasteiger partial charge in [0, 0.05) is 6.42 Å². The number of rotatable bonds is 35. The van der Waals surface area contributed by atoms with Gasteiger partial charge in [0.2, 0.25) is 5.91 Å². The van der Waals surface area contributed by atoms with E-state index in [9.17, 15) is 24.5 Å². The number of amides is 1. The van der Waals surface area contributed by atoms with Gasteiger partial charge in [0.1, 0.15) is 13.2 Å². The number of quaternary nitrogens is 1. The van der Waals surface area contributed by atoms with E-state index in [4.69, 9.17) is 9.05 Å². The first-order valence-corrected chi connectivity index (χ1v) is 21.9. The van der Waals surface area contributed by atoms with E-state index >= 15 is 0 Å². The third kappa shape index (κ3) is 36.6. The van der Waals surface area contributed by atoms with Crippen molar-refractivity contribution in [3.8, 4) is 0 Å². The maximum atomic E-state index is 12.8. The fourth-order valence-electron chi connectivity index (χ4n) is 5.11. The second-order valence-corrected chi connectivity index (χ2v) is 16.2. The number of allylic oxidation sites excluding steroid dienone is 9. The fourth-order valence-corrected chi connectivity index (χ4v) is 5.83. The molecule has 0 aliphatic heterocycles. The van der Waals surface area contributed by atoms with Crippen molar-refractivity contribution in [2.45, 2.75) is 154 Å². The molecule has 9 nitrogen and oxygen atoms in total. The van der Waals surface area contributed by atoms with Crippen molar-refractivity contribution in [1.82, 2.24) is 5.32 Å². The van der Waals surface area contributed by atoms with E-state index in [1.165, 1.54) is 51.4 Å². The summed E-state index contributed by atoms with van der Waals surface area (Å²) in [7, 11) is 1.17. The molecule has 0 radical (unpaired) electrons. The molecule has 0 aromatic rings. The van der Waals surface area contributed by atoms with Crippen LogP contribution >= 0.6 is 7.82 Å². The quantitative estimate of drug-likeness (QED) is 0.0193. The Morgan fingerprint density at radius 1 is 0.717 bits per heavy atom. The molecule has 0 fully saturated rings. The summed E-state index contributed by atoms with van der Waals surface area (Å²) in [6, 6.07) is -0.941. The monoisotopic (exact) mass is 765 g/mol. The highest BCUT2D eigenvalue weighted by Crippen LogP contribution is 2.38. The second kappa shape index (κ2) is 34.4. The zero-order valence-corrected chi connectivity index (χ0v) is 34.9. The molecule has 3 N–H and O–H groups in total. The van der Waals surface area contributed by atoms with Crippen LogP contribution in [-0.2, 0) is 18.4 Å². The van der Waals surface area contributed by atoms with Gasteiger partial charge in [0.05, 0.1) is 46.0 Å². The van der Waals surface area contributed by atoms with Crippen LogP contribution in [0.25, 0.3) is 0 Å². The number of phosphoric acid groups is 1. The highest BCUT2D eigenvalue weighted by Gasteiger charge is 2.23. The normalized spacial score (nSPS) is 15.8. The standard InChI is InChI=1S/C43H77N2O7P/c1-6-8-10-12-14-15-16-17-18-19-23-27-31-35-42(47)41(39-52-53(49,50)51-38-37-45(3,4)5)44-43(48)36-32-28-24-21-20-22-26-30-34-40(46)33-29-25-13-11-9-7-2/h10,12,21-22,24-26,29-31,34-35,40-42,46-47H,6-9,11,13-20,23,27-28,32-33,36-39H2,1-5H3,(H-,44,48,49,50)/b12-10-,24-21-,26-22-,29-25-,34-30+,35-31+/t40-,41-,42+/m0/s1. The Balaban J connectivity index is 4.70. The Kier molecular flexibility index (Phi) is 33.0. The number of aliphatic hydroxyl groups is 2. The zero-order chi connectivity index (χ0) is 39.5. The summed E-state index contributed by atoms with van der Waals surface area (Å²) in [4.78, 5) is 25.2. The minimum absolute atomic E-state index is 0.0278. The summed E-state index contributed by atoms with van der Waals surface area (Å²) >= 11 is 0. The molecule has 0 rings (SSSR count). The Bertz CT molecular complexity index is 1110. The van der Waals surface area contributed by atoms with Crippen LogP contribution in [0.2, 0.25) is 0 Å². The van der Waals surface area contributed by atoms with Crippen LogP contribution in [-0.4, -0.2) is 79.8 Å². The molecule has 1 unspecified atom stereocenters. The summed E-state index contributed by atoms with van der Waals surface area (Å²) in [6.45, 7) is 4.40. The fraction of sp³-hybridized carbons (Fsp3) is 0.698. The lowest BCUT2D eigenvalue weighted by atomic mass is 10.1. The molecule has 306 valence electrons. The number of likely N-dealkylation sites (N-methyl/N-ethyl adjacent to an activating group) is 1. The van der Waals surface area contributed by atoms with Crippen LogP contribution < -0.4 is 10.2 Å². The van der Waals surface area contributed by atoms with Crippen LogP contribution in [0.5, 0.6) is 0 Å². The number of hydrogen-bond donors (Lipinski definition) is 3. The number of phosphoric ester groups is 1. The maximum absolute atomic E-state index is 12.8. The summed E-state index contributed by atoms with van der Waals surface area (Å²) in [5.74, 6) is -0.286. The van der Waals surface area contributed by atoms with Crippen molar-refractivity contribution < 1.29 is 38.0 Å². The van der Waals surface area contributed by atoms with Gasteiger partial charge < -0.3 is 34.0 Å². The molecule has 4 atom stereocenters. The van der Waals surface area contributed by atoms with Crippen LogP contribution in [0.1, 0.15) is 136 Å². The van der Waals surface area contributed by atoms with Crippen LogP contribution in [0.3, 0.4) is 0 Å². The van der Waals surface area contributed by atoms with Gasteiger partial charge in [0.25, 0.3) is 7.82 Å². The Hall–Kier alpha value is -2.10. The number of hydrogen-bond acceptors (Lipinski definition) is 7. The first-order valence-electron chi connectivity index (χ1n) is 20.4. The van der Waals surface area contributed by atoms with E-state index in [1.54, 1.807) is 12.2 Å². The average Bonchev–Trinajstić information content (AvgIpc) is 3.10. The van der Waals surface area contributed by atoms with E-state index < -0.39 is 32.7 Å². The molecule has 0 aromatic carbocycles. The third-order valence-electron chi connectivity index (χ3n) is 8.44. The van der Waals surface area contributed by atoms with Crippen molar-refractivity contribution in [2.24, 2.45) is 0 Å². The number of nitrogens with one attached hydrogen (secondary N) is 1. The lowest BCUT2D eigenvalue weighted by molar-refractivity contribution is -0.870. The first-order chi connectivity index (χ1) is 25.4. The number of aliphatic hydroxyl groups excluding tert-OH is 2. The molecule has 0 saturated carbocycles. The van der Waals surface area contributed by atoms with E-state index in [0.29, 0.717) is 30.3 Å². The molecule has 53 heavy (non-hydrogen) atoms. The van der Waals surface area contributed by atoms with Crippen molar-refractivity contribution in [1.29, 1.82) is 0 Å². The van der Waals surface area contributed by atoms with E-state index in [1.807, 2.05) is 63.7 Å². The van der Waals surface area contributed by atoms with Gasteiger partial charge in [-0.25, -0.2) is 0 Å². The Labute approximate surface area is 324 Å². The summed E-state index contributed by atoms with van der Waals surface area (Å²) in [5, 5.41) is 23.7. The average molecular weight is 765 g/mol. The summed E-state index contributed by atoms with van der Waals surface area (Å²) < 4.78 is 23.1. The van der Waals surface area contributed by atoms with Gasteiger partial charge in [-0.3, -0.25) is 9.36 Å². The van der Waals surface area contributed by atoms with Crippen LogP contribution in [0, 0.1) is 0 Å². The minimum Gasteiger partial charge on any atom is -0.756 e. The zero-order valence-electron chi connectivity index (χ0n) is 34.0. The first kappa shape index (κ1) is 50.9. The van der Waals surface area contributed by atoms with Crippen LogP contribution in [0.15, 0.2) is 72.9 Å². The van der Waals surface area contributed by atoms with Gasteiger partial charge in [-0.05, 0) is 70.6 Å². The molecule has 0 aliphatic carbocycles. The molecule has 0 heterocycles. The third-order valence-corrected chi connectivity index (χ3v) is 9.41. The topological polar surface area (TPSA) is 128 Å². The number of carbonyl (C=O) groups excluding carboxylic acids is 1. The van der Waals surface area contributed by atoms with Crippen molar-refractivity contribution >= 4 is 13.7 Å². The number of nitrogens with zero attached hydrogens (tertiary/aromatic N) is 1. The van der Waals surface area contributed by atoms with Crippen molar-refractivity contribution in [2.75, 3.05) is 40.9 Å². The Morgan fingerprint density at radius 2 is 1.32 bits per heavy atom. The van der Waals surface area contributed by atoms with Gasteiger partial charge in [-0.15, -0.1) is 0 Å². The summed E-state index contributed by atoms with van der Waals surface area (Å²) in [6.07, 6.45) is 41.2. The van der Waals surface area contributed by atoms with Crippen molar-refractivity contribution in [3.05, 3.63) is 72.9 Å². The lowest BCUT2D eigenvalue weighted by Crippen LogP contribution is -2.45. The largest absolute Gasteiger partial charge is 0.756 e. The molecule has 0 saturated heterocycles. The van der Waals surface area contributed by atoms with Gasteiger partial charge in [-0.1, -0.05) is 132 Å². The molecular formula is C43H77N2O7P. The molecule has 0 spiro atoms. The predicted octanol–water partition coefficient (Wildman–Crippen LogP) is 9.19. The maximum Gasteiger partial charge on any atom is 0.268 e. The lowest BCUT2D eigenvalue weighted by Gasteiger charge is -2.29. The number of unbranched alkanes of at least 4 members (excludes halogenated alkanes) is 12. The number of carbonyl (C=O) groups is 1.